The minimum atomic E-state index is -3.49. The number of carbonyl (C=O) groups excluding carboxylic acids is 1. The Morgan fingerprint density at radius 2 is 1.65 bits per heavy atom. The average molecular weight is 462 g/mol. The molecule has 2 heterocycles. The summed E-state index contributed by atoms with van der Waals surface area (Å²) in [5, 5.41) is 1.95. The molecule has 8 heteroatoms. The van der Waals surface area contributed by atoms with Crippen LogP contribution in [0.4, 0.5) is 0 Å². The molecule has 1 aromatic carbocycles. The van der Waals surface area contributed by atoms with E-state index in [9.17, 15) is 13.2 Å². The van der Waals surface area contributed by atoms with Gasteiger partial charge >= 0.3 is 0 Å². The van der Waals surface area contributed by atoms with Gasteiger partial charge in [0.25, 0.3) is 16.1 Å². The van der Waals surface area contributed by atoms with Crippen molar-refractivity contribution in [3.63, 3.8) is 0 Å². The van der Waals surface area contributed by atoms with Gasteiger partial charge in [0.15, 0.2) is 0 Å². The Kier molecular flexibility index (Phi) is 6.81. The molecule has 4 rings (SSSR count). The fraction of sp³-hybridized carbons (Fsp3) is 0.522. The second-order valence-corrected chi connectivity index (χ2v) is 11.4. The Hall–Kier alpha value is -1.74. The summed E-state index contributed by atoms with van der Waals surface area (Å²) >= 11 is 1.45. The number of thiophene rings is 1. The molecule has 1 saturated heterocycles. The van der Waals surface area contributed by atoms with E-state index < -0.39 is 10.2 Å². The fourth-order valence-corrected chi connectivity index (χ4v) is 6.98. The van der Waals surface area contributed by atoms with Gasteiger partial charge < -0.3 is 4.90 Å². The van der Waals surface area contributed by atoms with Gasteiger partial charge in [0.05, 0.1) is 4.88 Å². The maximum absolute atomic E-state index is 13.2. The zero-order valence-corrected chi connectivity index (χ0v) is 19.9. The lowest BCUT2D eigenvalue weighted by atomic mass is 9.96. The van der Waals surface area contributed by atoms with E-state index in [1.807, 2.05) is 42.6 Å². The second kappa shape index (κ2) is 9.40. The molecular formula is C23H31N3O3S2. The van der Waals surface area contributed by atoms with Crippen molar-refractivity contribution in [2.45, 2.75) is 45.1 Å². The molecule has 2 aromatic rings. The number of piperazine rings is 1. The predicted molar refractivity (Wildman–Crippen MR) is 126 cm³/mol. The third kappa shape index (κ3) is 4.72. The monoisotopic (exact) mass is 461 g/mol. The van der Waals surface area contributed by atoms with Crippen molar-refractivity contribution >= 4 is 27.5 Å². The normalized spacial score (nSPS) is 19.1. The molecule has 0 atom stereocenters. The first-order chi connectivity index (χ1) is 14.9. The highest BCUT2D eigenvalue weighted by Crippen LogP contribution is 2.30. The van der Waals surface area contributed by atoms with Crippen molar-refractivity contribution in [1.82, 2.24) is 13.5 Å². The average Bonchev–Trinajstić information content (AvgIpc) is 3.29. The Morgan fingerprint density at radius 3 is 2.29 bits per heavy atom. The lowest BCUT2D eigenvalue weighted by Crippen LogP contribution is -2.55. The Morgan fingerprint density at radius 1 is 1.00 bits per heavy atom. The fourth-order valence-electron chi connectivity index (χ4n) is 4.52. The molecular weight excluding hydrogens is 430 g/mol. The first-order valence-corrected chi connectivity index (χ1v) is 13.3. The van der Waals surface area contributed by atoms with Gasteiger partial charge in [0, 0.05) is 44.8 Å². The molecule has 0 spiro atoms. The number of hydrogen-bond acceptors (Lipinski definition) is 4. The highest BCUT2D eigenvalue weighted by molar-refractivity contribution is 7.86. The van der Waals surface area contributed by atoms with Gasteiger partial charge in [-0.3, -0.25) is 4.79 Å². The number of rotatable bonds is 5. The third-order valence-corrected chi connectivity index (χ3v) is 9.47. The Bertz CT molecular complexity index is 1000. The van der Waals surface area contributed by atoms with Gasteiger partial charge in [-0.2, -0.15) is 17.0 Å². The van der Waals surface area contributed by atoms with Gasteiger partial charge in [-0.15, -0.1) is 11.3 Å². The van der Waals surface area contributed by atoms with Crippen molar-refractivity contribution in [2.24, 2.45) is 0 Å². The predicted octanol–water partition coefficient (Wildman–Crippen LogP) is 3.99. The largest absolute Gasteiger partial charge is 0.335 e. The molecule has 1 aliphatic heterocycles. The summed E-state index contributed by atoms with van der Waals surface area (Å²) in [5.74, 6) is -0.0109. The zero-order chi connectivity index (χ0) is 22.0. The van der Waals surface area contributed by atoms with Crippen molar-refractivity contribution < 1.29 is 13.2 Å². The van der Waals surface area contributed by atoms with E-state index in [1.54, 1.807) is 20.6 Å². The molecule has 1 saturated carbocycles. The van der Waals surface area contributed by atoms with E-state index in [0.717, 1.165) is 41.7 Å². The van der Waals surface area contributed by atoms with E-state index >= 15 is 0 Å². The molecule has 1 aromatic heterocycles. The van der Waals surface area contributed by atoms with Crippen molar-refractivity contribution in [3.05, 3.63) is 46.2 Å². The van der Waals surface area contributed by atoms with E-state index in [1.165, 1.54) is 23.3 Å². The molecule has 0 unspecified atom stereocenters. The van der Waals surface area contributed by atoms with Gasteiger partial charge in [-0.05, 0) is 36.8 Å². The lowest BCUT2D eigenvalue weighted by Gasteiger charge is -2.38. The molecule has 1 aliphatic carbocycles. The van der Waals surface area contributed by atoms with Crippen LogP contribution < -0.4 is 0 Å². The first-order valence-electron chi connectivity index (χ1n) is 11.0. The summed E-state index contributed by atoms with van der Waals surface area (Å²) in [6, 6.07) is 10.3. The van der Waals surface area contributed by atoms with Crippen LogP contribution in [0.1, 0.15) is 47.3 Å². The first kappa shape index (κ1) is 22.5. The van der Waals surface area contributed by atoms with Crippen LogP contribution in [0.25, 0.3) is 11.1 Å². The van der Waals surface area contributed by atoms with Crippen molar-refractivity contribution in [2.75, 3.05) is 33.2 Å². The molecule has 31 heavy (non-hydrogen) atoms. The Balaban J connectivity index is 1.42. The smallest absolute Gasteiger partial charge is 0.282 e. The number of benzene rings is 1. The molecule has 2 fully saturated rings. The minimum Gasteiger partial charge on any atom is -0.335 e. The quantitative estimate of drug-likeness (QED) is 0.676. The van der Waals surface area contributed by atoms with Gasteiger partial charge in [0.1, 0.15) is 0 Å². The lowest BCUT2D eigenvalue weighted by molar-refractivity contribution is 0.0698. The second-order valence-electron chi connectivity index (χ2n) is 8.54. The van der Waals surface area contributed by atoms with Crippen LogP contribution in [0.3, 0.4) is 0 Å². The topological polar surface area (TPSA) is 60.9 Å². The summed E-state index contributed by atoms with van der Waals surface area (Å²) in [5.41, 5.74) is 3.16. The van der Waals surface area contributed by atoms with E-state index in [2.05, 4.69) is 0 Å². The van der Waals surface area contributed by atoms with Crippen LogP contribution in [-0.2, 0) is 10.2 Å². The molecule has 0 radical (unpaired) electrons. The van der Waals surface area contributed by atoms with Crippen molar-refractivity contribution in [3.8, 4) is 11.1 Å². The van der Waals surface area contributed by atoms with Gasteiger partial charge in [-0.25, -0.2) is 0 Å². The molecule has 1 amide bonds. The summed E-state index contributed by atoms with van der Waals surface area (Å²) in [4.78, 5) is 15.7. The van der Waals surface area contributed by atoms with Gasteiger partial charge in [0.2, 0.25) is 0 Å². The summed E-state index contributed by atoms with van der Waals surface area (Å²) in [7, 11) is -1.78. The van der Waals surface area contributed by atoms with Crippen LogP contribution in [0.5, 0.6) is 0 Å². The van der Waals surface area contributed by atoms with E-state index in [-0.39, 0.29) is 11.9 Å². The van der Waals surface area contributed by atoms with Crippen LogP contribution in [-0.4, -0.2) is 67.1 Å². The third-order valence-electron chi connectivity index (χ3n) is 6.53. The zero-order valence-electron chi connectivity index (χ0n) is 18.3. The van der Waals surface area contributed by atoms with Crippen molar-refractivity contribution in [1.29, 1.82) is 0 Å². The number of carbonyl (C=O) groups is 1. The molecule has 0 bridgehead atoms. The standard InChI is InChI=1S/C23H31N3O3S2/c1-18-8-10-19(11-9-18)21-12-17-30-22(21)23(27)25-13-15-26(16-14-25)31(28,29)24(2)20-6-4-3-5-7-20/h8-12,17,20H,3-7,13-16H2,1-2H3. The summed E-state index contributed by atoms with van der Waals surface area (Å²) in [6.07, 6.45) is 5.26. The van der Waals surface area contributed by atoms with Crippen LogP contribution >= 0.6 is 11.3 Å². The van der Waals surface area contributed by atoms with E-state index in [4.69, 9.17) is 0 Å². The Labute approximate surface area is 189 Å². The number of amides is 1. The molecule has 6 nitrogen and oxygen atoms in total. The van der Waals surface area contributed by atoms with Crippen LogP contribution in [0.15, 0.2) is 35.7 Å². The number of aryl methyl sites for hydroxylation is 1. The summed E-state index contributed by atoms with van der Waals surface area (Å²) in [6.45, 7) is 3.57. The molecule has 0 N–H and O–H groups in total. The summed E-state index contributed by atoms with van der Waals surface area (Å²) < 4.78 is 29.3. The number of hydrogen-bond donors (Lipinski definition) is 0. The highest BCUT2D eigenvalue weighted by atomic mass is 32.2. The number of nitrogens with zero attached hydrogens (tertiary/aromatic N) is 3. The maximum atomic E-state index is 13.2. The van der Waals surface area contributed by atoms with Crippen LogP contribution in [0, 0.1) is 6.92 Å². The van der Waals surface area contributed by atoms with Gasteiger partial charge in [-0.1, -0.05) is 49.1 Å². The maximum Gasteiger partial charge on any atom is 0.282 e. The molecule has 168 valence electrons. The highest BCUT2D eigenvalue weighted by Gasteiger charge is 2.35. The molecule has 2 aliphatic rings. The SMILES string of the molecule is Cc1ccc(-c2ccsc2C(=O)N2CCN(S(=O)(=O)N(C)C3CCCCC3)CC2)cc1. The minimum absolute atomic E-state index is 0.0109. The van der Waals surface area contributed by atoms with Crippen LogP contribution in [0.2, 0.25) is 0 Å². The van der Waals surface area contributed by atoms with E-state index in [0.29, 0.717) is 26.2 Å².